The summed E-state index contributed by atoms with van der Waals surface area (Å²) in [5.41, 5.74) is 0.821. The van der Waals surface area contributed by atoms with Gasteiger partial charge in [0.05, 0.1) is 7.11 Å². The van der Waals surface area contributed by atoms with E-state index in [1.54, 1.807) is 0 Å². The van der Waals surface area contributed by atoms with Crippen molar-refractivity contribution in [3.8, 4) is 0 Å². The lowest BCUT2D eigenvalue weighted by Crippen LogP contribution is -2.46. The highest BCUT2D eigenvalue weighted by Gasteiger charge is 2.32. The van der Waals surface area contributed by atoms with Crippen LogP contribution < -0.4 is 0 Å². The van der Waals surface area contributed by atoms with Crippen molar-refractivity contribution in [2.45, 2.75) is 26.3 Å². The average Bonchev–Trinajstić information content (AvgIpc) is 2.42. The first-order valence-corrected chi connectivity index (χ1v) is 6.05. The summed E-state index contributed by atoms with van der Waals surface area (Å²) in [5, 5.41) is 0.751. The SMILES string of the molecule is COC(=O)[C@H](Cc1ccccc1)N(OC(C)=O)C(C)=O. The molecule has 0 aliphatic heterocycles. The summed E-state index contributed by atoms with van der Waals surface area (Å²) in [5.74, 6) is -1.88. The van der Waals surface area contributed by atoms with E-state index in [9.17, 15) is 14.4 Å². The number of hydrogen-bond acceptors (Lipinski definition) is 5. The van der Waals surface area contributed by atoms with Crippen LogP contribution in [-0.4, -0.2) is 36.1 Å². The topological polar surface area (TPSA) is 72.9 Å². The van der Waals surface area contributed by atoms with E-state index in [0.717, 1.165) is 17.6 Å². The molecule has 1 rings (SSSR count). The minimum Gasteiger partial charge on any atom is -0.467 e. The molecule has 6 nitrogen and oxygen atoms in total. The molecule has 0 N–H and O–H groups in total. The predicted molar refractivity (Wildman–Crippen MR) is 70.2 cm³/mol. The van der Waals surface area contributed by atoms with Gasteiger partial charge in [-0.3, -0.25) is 9.59 Å². The van der Waals surface area contributed by atoms with Crippen molar-refractivity contribution >= 4 is 17.8 Å². The Morgan fingerprint density at radius 3 is 2.20 bits per heavy atom. The fraction of sp³-hybridized carbons (Fsp3) is 0.357. The van der Waals surface area contributed by atoms with Crippen molar-refractivity contribution < 1.29 is 24.0 Å². The second kappa shape index (κ2) is 7.28. The van der Waals surface area contributed by atoms with E-state index in [1.807, 2.05) is 30.3 Å². The summed E-state index contributed by atoms with van der Waals surface area (Å²) in [7, 11) is 1.21. The number of carbonyl (C=O) groups excluding carboxylic acids is 3. The maximum absolute atomic E-state index is 11.8. The molecule has 108 valence electrons. The lowest BCUT2D eigenvalue weighted by atomic mass is 10.1. The van der Waals surface area contributed by atoms with Gasteiger partial charge < -0.3 is 9.57 Å². The van der Waals surface area contributed by atoms with Gasteiger partial charge in [-0.05, 0) is 5.56 Å². The largest absolute Gasteiger partial charge is 0.467 e. The molecule has 1 aromatic rings. The van der Waals surface area contributed by atoms with E-state index >= 15 is 0 Å². The summed E-state index contributed by atoms with van der Waals surface area (Å²) >= 11 is 0. The zero-order chi connectivity index (χ0) is 15.1. The van der Waals surface area contributed by atoms with Crippen LogP contribution in [-0.2, 0) is 30.4 Å². The summed E-state index contributed by atoms with van der Waals surface area (Å²) in [6, 6.07) is 8.07. The molecule has 0 fully saturated rings. The third kappa shape index (κ3) is 4.38. The van der Waals surface area contributed by atoms with Gasteiger partial charge in [0.1, 0.15) is 0 Å². The van der Waals surface area contributed by atoms with Crippen molar-refractivity contribution in [3.63, 3.8) is 0 Å². The Morgan fingerprint density at radius 1 is 1.15 bits per heavy atom. The summed E-state index contributed by atoms with van der Waals surface area (Å²) < 4.78 is 4.67. The zero-order valence-electron chi connectivity index (χ0n) is 11.7. The minimum atomic E-state index is -1.01. The van der Waals surface area contributed by atoms with Gasteiger partial charge in [-0.25, -0.2) is 4.79 Å². The van der Waals surface area contributed by atoms with Gasteiger partial charge >= 0.3 is 11.9 Å². The van der Waals surface area contributed by atoms with Crippen LogP contribution in [0.1, 0.15) is 19.4 Å². The highest BCUT2D eigenvalue weighted by molar-refractivity contribution is 5.84. The van der Waals surface area contributed by atoms with Crippen LogP contribution in [0.3, 0.4) is 0 Å². The standard InChI is InChI=1S/C14H17NO5/c1-10(16)15(20-11(2)17)13(14(18)19-3)9-12-7-5-4-6-8-12/h4-8,13H,9H2,1-3H3/t13-/m0/s1. The van der Waals surface area contributed by atoms with Crippen molar-refractivity contribution in [3.05, 3.63) is 35.9 Å². The second-order valence-electron chi connectivity index (χ2n) is 4.16. The van der Waals surface area contributed by atoms with Gasteiger partial charge in [-0.1, -0.05) is 30.3 Å². The van der Waals surface area contributed by atoms with Gasteiger partial charge in [0, 0.05) is 20.3 Å². The van der Waals surface area contributed by atoms with E-state index < -0.39 is 23.9 Å². The third-order valence-electron chi connectivity index (χ3n) is 2.57. The van der Waals surface area contributed by atoms with Gasteiger partial charge in [-0.2, -0.15) is 5.06 Å². The number of hydrogen-bond donors (Lipinski definition) is 0. The van der Waals surface area contributed by atoms with Gasteiger partial charge in [0.2, 0.25) is 0 Å². The molecular weight excluding hydrogens is 262 g/mol. The van der Waals surface area contributed by atoms with Crippen LogP contribution in [0.2, 0.25) is 0 Å². The molecule has 0 aliphatic rings. The smallest absolute Gasteiger partial charge is 0.332 e. The Kier molecular flexibility index (Phi) is 5.71. The van der Waals surface area contributed by atoms with Gasteiger partial charge in [0.15, 0.2) is 6.04 Å². The molecule has 0 spiro atoms. The van der Waals surface area contributed by atoms with Gasteiger partial charge in [0.25, 0.3) is 5.91 Å². The summed E-state index contributed by atoms with van der Waals surface area (Å²) in [6.07, 6.45) is 0.195. The number of methoxy groups -OCH3 is 1. The predicted octanol–water partition coefficient (Wildman–Crippen LogP) is 1.10. The molecule has 6 heteroatoms. The van der Waals surface area contributed by atoms with Crippen LogP contribution >= 0.6 is 0 Å². The van der Waals surface area contributed by atoms with E-state index in [1.165, 1.54) is 14.0 Å². The molecule has 20 heavy (non-hydrogen) atoms. The Balaban J connectivity index is 3.00. The fourth-order valence-corrected chi connectivity index (χ4v) is 1.72. The summed E-state index contributed by atoms with van der Waals surface area (Å²) in [6.45, 7) is 2.37. The third-order valence-corrected chi connectivity index (χ3v) is 2.57. The van der Waals surface area contributed by atoms with Gasteiger partial charge in [-0.15, -0.1) is 0 Å². The molecule has 0 heterocycles. The van der Waals surface area contributed by atoms with Crippen LogP contribution in [0.25, 0.3) is 0 Å². The first kappa shape index (κ1) is 15.7. The average molecular weight is 279 g/mol. The van der Waals surface area contributed by atoms with E-state index in [2.05, 4.69) is 4.74 Å². The first-order valence-electron chi connectivity index (χ1n) is 6.05. The molecule has 1 aromatic carbocycles. The number of rotatable bonds is 4. The fourth-order valence-electron chi connectivity index (χ4n) is 1.72. The second-order valence-corrected chi connectivity index (χ2v) is 4.16. The number of nitrogens with zero attached hydrogens (tertiary/aromatic N) is 1. The highest BCUT2D eigenvalue weighted by atomic mass is 16.7. The molecule has 0 aromatic heterocycles. The quantitative estimate of drug-likeness (QED) is 0.609. The van der Waals surface area contributed by atoms with Crippen molar-refractivity contribution in [2.75, 3.05) is 7.11 Å². The van der Waals surface area contributed by atoms with E-state index in [0.29, 0.717) is 0 Å². The molecular formula is C14H17NO5. The molecule has 0 bridgehead atoms. The van der Waals surface area contributed by atoms with Crippen molar-refractivity contribution in [2.24, 2.45) is 0 Å². The lowest BCUT2D eigenvalue weighted by Gasteiger charge is -2.26. The monoisotopic (exact) mass is 279 g/mol. The minimum absolute atomic E-state index is 0.195. The van der Waals surface area contributed by atoms with Crippen molar-refractivity contribution in [1.82, 2.24) is 5.06 Å². The molecule has 0 radical (unpaired) electrons. The molecule has 0 unspecified atom stereocenters. The summed E-state index contributed by atoms with van der Waals surface area (Å²) in [4.78, 5) is 39.3. The Hall–Kier alpha value is -2.37. The van der Waals surface area contributed by atoms with Crippen LogP contribution in [0.4, 0.5) is 0 Å². The van der Waals surface area contributed by atoms with E-state index in [-0.39, 0.29) is 6.42 Å². The van der Waals surface area contributed by atoms with Crippen LogP contribution in [0, 0.1) is 0 Å². The molecule has 0 saturated carbocycles. The highest BCUT2D eigenvalue weighted by Crippen LogP contribution is 2.12. The van der Waals surface area contributed by atoms with E-state index in [4.69, 9.17) is 4.84 Å². The van der Waals surface area contributed by atoms with Crippen LogP contribution in [0.15, 0.2) is 30.3 Å². The maximum Gasteiger partial charge on any atom is 0.332 e. The Labute approximate surface area is 117 Å². The number of ether oxygens (including phenoxy) is 1. The zero-order valence-corrected chi connectivity index (χ0v) is 11.7. The number of carbonyl (C=O) groups is 3. The molecule has 1 amide bonds. The van der Waals surface area contributed by atoms with Crippen molar-refractivity contribution in [1.29, 1.82) is 0 Å². The number of benzene rings is 1. The molecule has 0 saturated heterocycles. The molecule has 0 aliphatic carbocycles. The number of hydroxylamine groups is 2. The first-order chi connectivity index (χ1) is 9.45. The normalized spacial score (nSPS) is 11.3. The Morgan fingerprint density at radius 2 is 1.75 bits per heavy atom. The lowest BCUT2D eigenvalue weighted by molar-refractivity contribution is -0.208. The number of esters is 1. The number of amides is 1. The van der Waals surface area contributed by atoms with Crippen LogP contribution in [0.5, 0.6) is 0 Å². The Bertz CT molecular complexity index is 486. The molecule has 1 atom stereocenters. The maximum atomic E-state index is 11.8.